The molecule has 0 bridgehead atoms. The quantitative estimate of drug-likeness (QED) is 0.810. The van der Waals surface area contributed by atoms with E-state index in [1.807, 2.05) is 0 Å². The largest absolute Gasteiger partial charge is 0.335 e. The number of hydrogen-bond acceptors (Lipinski definition) is 6. The van der Waals surface area contributed by atoms with Crippen molar-refractivity contribution in [1.29, 1.82) is 0 Å². The van der Waals surface area contributed by atoms with Crippen LogP contribution in [0.5, 0.6) is 0 Å². The van der Waals surface area contributed by atoms with Crippen LogP contribution in [0.15, 0.2) is 17.1 Å². The molecular formula is C15H17Cl2N7. The van der Waals surface area contributed by atoms with Gasteiger partial charge in [-0.05, 0) is 19.2 Å². The second kappa shape index (κ2) is 6.00. The van der Waals surface area contributed by atoms with Gasteiger partial charge in [-0.15, -0.1) is 10.2 Å². The molecule has 1 fully saturated rings. The fourth-order valence-corrected chi connectivity index (χ4v) is 3.35. The molecule has 1 saturated heterocycles. The van der Waals surface area contributed by atoms with E-state index in [1.165, 1.54) is 0 Å². The number of likely N-dealkylation sites (N-methyl/N-ethyl adjacent to an activating group) is 1. The molecule has 4 rings (SSSR count). The van der Waals surface area contributed by atoms with Gasteiger partial charge in [0.05, 0.1) is 33.2 Å². The summed E-state index contributed by atoms with van der Waals surface area (Å²) in [6.45, 7) is 2.76. The molecule has 9 heteroatoms. The molecule has 0 amide bonds. The fourth-order valence-electron chi connectivity index (χ4n) is 3.03. The van der Waals surface area contributed by atoms with Gasteiger partial charge < -0.3 is 15.5 Å². The van der Waals surface area contributed by atoms with E-state index in [4.69, 9.17) is 28.2 Å². The summed E-state index contributed by atoms with van der Waals surface area (Å²) in [6.07, 6.45) is 0. The first-order valence-corrected chi connectivity index (χ1v) is 8.45. The summed E-state index contributed by atoms with van der Waals surface area (Å²) in [6, 6.07) is 3.61. The number of rotatable bonds is 1. The van der Waals surface area contributed by atoms with Crippen molar-refractivity contribution in [3.05, 3.63) is 27.9 Å². The maximum atomic E-state index is 6.18. The average Bonchev–Trinajstić information content (AvgIpc) is 2.83. The maximum Gasteiger partial charge on any atom is 0.182 e. The van der Waals surface area contributed by atoms with E-state index >= 15 is 0 Å². The van der Waals surface area contributed by atoms with Crippen molar-refractivity contribution >= 4 is 46.1 Å². The molecule has 2 aliphatic rings. The van der Waals surface area contributed by atoms with Crippen LogP contribution in [0.25, 0.3) is 0 Å². The summed E-state index contributed by atoms with van der Waals surface area (Å²) in [5.74, 6) is 0.670. The standard InChI is InChI=1S/C15H17Cl2N7/c1-23-4-3-18-12(7-23)13-14-15(22-24(2)21-14)20-11-6-9(17)8(16)5-10(11)19-13/h5-6,12,18H,3-4,7H2,1-2H3,(H,20,22). The molecule has 2 aliphatic heterocycles. The van der Waals surface area contributed by atoms with Crippen LogP contribution in [0.2, 0.25) is 10.0 Å². The minimum atomic E-state index is 0.0707. The van der Waals surface area contributed by atoms with Crippen molar-refractivity contribution in [2.24, 2.45) is 12.0 Å². The molecule has 1 atom stereocenters. The van der Waals surface area contributed by atoms with E-state index in [1.54, 1.807) is 24.0 Å². The van der Waals surface area contributed by atoms with Crippen LogP contribution >= 0.6 is 23.2 Å². The van der Waals surface area contributed by atoms with E-state index < -0.39 is 0 Å². The van der Waals surface area contributed by atoms with Crippen LogP contribution in [0.3, 0.4) is 0 Å². The van der Waals surface area contributed by atoms with Crippen molar-refractivity contribution in [2.45, 2.75) is 6.04 Å². The van der Waals surface area contributed by atoms with Gasteiger partial charge in [-0.2, -0.15) is 4.80 Å². The smallest absolute Gasteiger partial charge is 0.182 e. The number of benzene rings is 1. The molecule has 0 spiro atoms. The Balaban J connectivity index is 1.87. The summed E-state index contributed by atoms with van der Waals surface area (Å²) in [7, 11) is 3.90. The molecular weight excluding hydrogens is 349 g/mol. The third kappa shape index (κ3) is 2.77. The highest BCUT2D eigenvalue weighted by atomic mass is 35.5. The van der Waals surface area contributed by atoms with Gasteiger partial charge in [-0.3, -0.25) is 0 Å². The van der Waals surface area contributed by atoms with Crippen LogP contribution in [0.1, 0.15) is 5.69 Å². The van der Waals surface area contributed by atoms with Gasteiger partial charge in [0, 0.05) is 26.7 Å². The Hall–Kier alpha value is -1.67. The molecule has 126 valence electrons. The number of aliphatic imine (C=N–C) groups is 1. The first-order valence-electron chi connectivity index (χ1n) is 7.69. The van der Waals surface area contributed by atoms with E-state index in [2.05, 4.69) is 32.8 Å². The lowest BCUT2D eigenvalue weighted by Gasteiger charge is -2.31. The molecule has 24 heavy (non-hydrogen) atoms. The molecule has 0 saturated carbocycles. The average molecular weight is 366 g/mol. The molecule has 1 aromatic heterocycles. The van der Waals surface area contributed by atoms with Crippen molar-refractivity contribution in [3.63, 3.8) is 0 Å². The number of fused-ring (bicyclic) bond motifs is 2. The Bertz CT molecular complexity index is 829. The Labute approximate surface area is 149 Å². The third-order valence-corrected chi connectivity index (χ3v) is 4.92. The summed E-state index contributed by atoms with van der Waals surface area (Å²) in [5.41, 5.74) is 3.10. The van der Waals surface area contributed by atoms with E-state index in [0.717, 1.165) is 42.4 Å². The van der Waals surface area contributed by atoms with Crippen molar-refractivity contribution in [1.82, 2.24) is 25.2 Å². The number of hydrogen-bond donors (Lipinski definition) is 2. The second-order valence-corrected chi connectivity index (χ2v) is 6.88. The lowest BCUT2D eigenvalue weighted by Crippen LogP contribution is -2.53. The number of halogens is 2. The van der Waals surface area contributed by atoms with Crippen LogP contribution in [-0.4, -0.2) is 58.3 Å². The lowest BCUT2D eigenvalue weighted by molar-refractivity contribution is 0.269. The summed E-state index contributed by atoms with van der Waals surface area (Å²) >= 11 is 12.3. The minimum Gasteiger partial charge on any atom is -0.335 e. The molecule has 0 radical (unpaired) electrons. The Morgan fingerprint density at radius 2 is 1.96 bits per heavy atom. The molecule has 0 aliphatic carbocycles. The predicted octanol–water partition coefficient (Wildman–Crippen LogP) is 2.20. The first kappa shape index (κ1) is 15.8. The van der Waals surface area contributed by atoms with Gasteiger partial charge in [0.25, 0.3) is 0 Å². The Morgan fingerprint density at radius 3 is 2.75 bits per heavy atom. The normalized spacial score (nSPS) is 20.7. The van der Waals surface area contributed by atoms with Crippen LogP contribution in [0.4, 0.5) is 17.2 Å². The predicted molar refractivity (Wildman–Crippen MR) is 96.2 cm³/mol. The van der Waals surface area contributed by atoms with Gasteiger partial charge in [-0.25, -0.2) is 4.99 Å². The van der Waals surface area contributed by atoms with E-state index in [0.29, 0.717) is 15.9 Å². The van der Waals surface area contributed by atoms with Gasteiger partial charge in [0.2, 0.25) is 0 Å². The SMILES string of the molecule is CN1CCNC(C2=Nc3cc(Cl)c(Cl)cc3Nc3nn(C)nc32)C1. The minimum absolute atomic E-state index is 0.0707. The van der Waals surface area contributed by atoms with Crippen molar-refractivity contribution in [3.8, 4) is 0 Å². The number of aromatic nitrogens is 3. The number of nitrogens with zero attached hydrogens (tertiary/aromatic N) is 5. The molecule has 2 N–H and O–H groups in total. The number of piperazine rings is 1. The van der Waals surface area contributed by atoms with Crippen molar-refractivity contribution in [2.75, 3.05) is 32.0 Å². The Morgan fingerprint density at radius 1 is 1.17 bits per heavy atom. The van der Waals surface area contributed by atoms with Gasteiger partial charge >= 0.3 is 0 Å². The van der Waals surface area contributed by atoms with Crippen LogP contribution in [-0.2, 0) is 7.05 Å². The lowest BCUT2D eigenvalue weighted by atomic mass is 10.1. The molecule has 7 nitrogen and oxygen atoms in total. The number of aryl methyl sites for hydroxylation is 1. The molecule has 2 aromatic rings. The summed E-state index contributed by atoms with van der Waals surface area (Å²) < 4.78 is 0. The van der Waals surface area contributed by atoms with E-state index in [9.17, 15) is 0 Å². The van der Waals surface area contributed by atoms with Crippen LogP contribution < -0.4 is 10.6 Å². The molecule has 1 unspecified atom stereocenters. The summed E-state index contributed by atoms with van der Waals surface area (Å²) in [4.78, 5) is 8.68. The number of anilines is 2. The van der Waals surface area contributed by atoms with E-state index in [-0.39, 0.29) is 6.04 Å². The monoisotopic (exact) mass is 365 g/mol. The molecule has 3 heterocycles. The topological polar surface area (TPSA) is 70.4 Å². The fraction of sp³-hybridized carbons (Fsp3) is 0.400. The zero-order chi connectivity index (χ0) is 16.8. The van der Waals surface area contributed by atoms with Crippen LogP contribution in [0, 0.1) is 0 Å². The van der Waals surface area contributed by atoms with Gasteiger partial charge in [0.1, 0.15) is 0 Å². The maximum absolute atomic E-state index is 6.18. The zero-order valence-corrected chi connectivity index (χ0v) is 14.9. The second-order valence-electron chi connectivity index (χ2n) is 6.06. The Kier molecular flexibility index (Phi) is 3.96. The highest BCUT2D eigenvalue weighted by Crippen LogP contribution is 2.38. The third-order valence-electron chi connectivity index (χ3n) is 4.20. The first-order chi connectivity index (χ1) is 11.5. The highest BCUT2D eigenvalue weighted by Gasteiger charge is 2.30. The van der Waals surface area contributed by atoms with Gasteiger partial charge in [0.15, 0.2) is 11.5 Å². The number of nitrogens with one attached hydrogen (secondary N) is 2. The van der Waals surface area contributed by atoms with Crippen molar-refractivity contribution < 1.29 is 0 Å². The highest BCUT2D eigenvalue weighted by molar-refractivity contribution is 6.42. The summed E-state index contributed by atoms with van der Waals surface area (Å²) in [5, 5.41) is 16.7. The van der Waals surface area contributed by atoms with Gasteiger partial charge in [-0.1, -0.05) is 23.2 Å². The zero-order valence-electron chi connectivity index (χ0n) is 13.3. The molecule has 1 aromatic carbocycles.